The van der Waals surface area contributed by atoms with Gasteiger partial charge in [0.2, 0.25) is 0 Å². The molecular formula is C29H25N3O. The number of aromatic nitrogens is 2. The van der Waals surface area contributed by atoms with Crippen molar-refractivity contribution in [1.82, 2.24) is 9.55 Å². The van der Waals surface area contributed by atoms with Crippen molar-refractivity contribution < 1.29 is 0 Å². The molecule has 33 heavy (non-hydrogen) atoms. The SMILES string of the molecule is Cc1nc2ccc(NCc3ccccc3)cc2c(=O)n1C(c1ccccc1)c1ccccc1. The van der Waals surface area contributed by atoms with E-state index >= 15 is 0 Å². The second-order valence-corrected chi connectivity index (χ2v) is 8.13. The molecule has 0 amide bonds. The van der Waals surface area contributed by atoms with Crippen LogP contribution >= 0.6 is 0 Å². The highest BCUT2D eigenvalue weighted by Gasteiger charge is 2.21. The first-order chi connectivity index (χ1) is 16.2. The number of rotatable bonds is 6. The lowest BCUT2D eigenvalue weighted by Gasteiger charge is -2.23. The summed E-state index contributed by atoms with van der Waals surface area (Å²) in [6, 6.07) is 36.0. The first-order valence-corrected chi connectivity index (χ1v) is 11.1. The largest absolute Gasteiger partial charge is 0.381 e. The second kappa shape index (κ2) is 9.13. The molecule has 0 aliphatic heterocycles. The zero-order valence-corrected chi connectivity index (χ0v) is 18.5. The van der Waals surface area contributed by atoms with Crippen molar-refractivity contribution in [3.63, 3.8) is 0 Å². The molecule has 0 bridgehead atoms. The molecular weight excluding hydrogens is 406 g/mol. The topological polar surface area (TPSA) is 46.9 Å². The van der Waals surface area contributed by atoms with Gasteiger partial charge < -0.3 is 5.32 Å². The van der Waals surface area contributed by atoms with Gasteiger partial charge in [-0.3, -0.25) is 9.36 Å². The van der Waals surface area contributed by atoms with Crippen LogP contribution in [0, 0.1) is 6.92 Å². The Balaban J connectivity index is 1.61. The number of anilines is 1. The fourth-order valence-electron chi connectivity index (χ4n) is 4.29. The van der Waals surface area contributed by atoms with Gasteiger partial charge in [-0.2, -0.15) is 0 Å². The number of benzene rings is 4. The van der Waals surface area contributed by atoms with E-state index in [9.17, 15) is 4.79 Å². The number of hydrogen-bond donors (Lipinski definition) is 1. The predicted octanol–water partition coefficient (Wildman–Crippen LogP) is 5.95. The van der Waals surface area contributed by atoms with Crippen molar-refractivity contribution in [2.75, 3.05) is 5.32 Å². The van der Waals surface area contributed by atoms with Crippen LogP contribution in [0.15, 0.2) is 114 Å². The highest BCUT2D eigenvalue weighted by atomic mass is 16.1. The molecule has 1 aromatic heterocycles. The molecule has 0 atom stereocenters. The second-order valence-electron chi connectivity index (χ2n) is 8.13. The Morgan fingerprint density at radius 3 is 1.97 bits per heavy atom. The third kappa shape index (κ3) is 4.28. The molecule has 1 N–H and O–H groups in total. The van der Waals surface area contributed by atoms with Gasteiger partial charge in [0, 0.05) is 12.2 Å². The van der Waals surface area contributed by atoms with Crippen LogP contribution in [0.4, 0.5) is 5.69 Å². The fraction of sp³-hybridized carbons (Fsp3) is 0.103. The summed E-state index contributed by atoms with van der Waals surface area (Å²) in [5.74, 6) is 0.690. The van der Waals surface area contributed by atoms with Crippen LogP contribution in [0.25, 0.3) is 10.9 Å². The van der Waals surface area contributed by atoms with Crippen molar-refractivity contribution >= 4 is 16.6 Å². The van der Waals surface area contributed by atoms with Crippen LogP contribution in [0.3, 0.4) is 0 Å². The van der Waals surface area contributed by atoms with E-state index in [-0.39, 0.29) is 11.6 Å². The molecule has 0 fully saturated rings. The minimum absolute atomic E-state index is 0.0430. The molecule has 5 aromatic rings. The molecule has 4 heteroatoms. The lowest BCUT2D eigenvalue weighted by molar-refractivity contribution is 0.620. The predicted molar refractivity (Wildman–Crippen MR) is 135 cm³/mol. The molecule has 0 spiro atoms. The summed E-state index contributed by atoms with van der Waals surface area (Å²) in [7, 11) is 0. The third-order valence-corrected chi connectivity index (χ3v) is 5.90. The quantitative estimate of drug-likeness (QED) is 0.361. The van der Waals surface area contributed by atoms with Crippen molar-refractivity contribution in [1.29, 1.82) is 0 Å². The summed E-state index contributed by atoms with van der Waals surface area (Å²) in [5, 5.41) is 4.04. The Bertz CT molecular complexity index is 1390. The van der Waals surface area contributed by atoms with E-state index in [0.717, 1.165) is 16.8 Å². The molecule has 0 radical (unpaired) electrons. The van der Waals surface area contributed by atoms with Crippen LogP contribution in [0.5, 0.6) is 0 Å². The maximum absolute atomic E-state index is 13.9. The summed E-state index contributed by atoms with van der Waals surface area (Å²) < 4.78 is 1.81. The van der Waals surface area contributed by atoms with E-state index in [2.05, 4.69) is 41.7 Å². The van der Waals surface area contributed by atoms with E-state index in [1.54, 1.807) is 0 Å². The van der Waals surface area contributed by atoms with Crippen LogP contribution in [-0.2, 0) is 6.54 Å². The van der Waals surface area contributed by atoms with Gasteiger partial charge in [-0.05, 0) is 41.8 Å². The van der Waals surface area contributed by atoms with Crippen molar-refractivity contribution in [3.05, 3.63) is 142 Å². The monoisotopic (exact) mass is 431 g/mol. The molecule has 5 rings (SSSR count). The zero-order valence-electron chi connectivity index (χ0n) is 18.5. The number of aryl methyl sites for hydroxylation is 1. The van der Waals surface area contributed by atoms with Gasteiger partial charge in [0.1, 0.15) is 5.82 Å². The summed E-state index contributed by atoms with van der Waals surface area (Å²) in [4.78, 5) is 18.7. The third-order valence-electron chi connectivity index (χ3n) is 5.90. The first kappa shape index (κ1) is 20.7. The summed E-state index contributed by atoms with van der Waals surface area (Å²) in [6.07, 6.45) is 0. The maximum atomic E-state index is 13.9. The van der Waals surface area contributed by atoms with E-state index in [0.29, 0.717) is 23.3 Å². The van der Waals surface area contributed by atoms with Gasteiger partial charge in [0.05, 0.1) is 16.9 Å². The Morgan fingerprint density at radius 2 is 1.36 bits per heavy atom. The summed E-state index contributed by atoms with van der Waals surface area (Å²) >= 11 is 0. The first-order valence-electron chi connectivity index (χ1n) is 11.1. The summed E-state index contributed by atoms with van der Waals surface area (Å²) in [5.41, 5.74) is 4.85. The molecule has 0 saturated heterocycles. The lowest BCUT2D eigenvalue weighted by Crippen LogP contribution is -2.29. The molecule has 4 aromatic carbocycles. The molecule has 1 heterocycles. The number of hydrogen-bond acceptors (Lipinski definition) is 3. The zero-order chi connectivity index (χ0) is 22.6. The Hall–Kier alpha value is -4.18. The van der Waals surface area contributed by atoms with Gasteiger partial charge in [0.25, 0.3) is 5.56 Å². The molecule has 162 valence electrons. The molecule has 4 nitrogen and oxygen atoms in total. The summed E-state index contributed by atoms with van der Waals surface area (Å²) in [6.45, 7) is 2.60. The number of nitrogens with zero attached hydrogens (tertiary/aromatic N) is 2. The Morgan fingerprint density at radius 1 is 0.788 bits per heavy atom. The average Bonchev–Trinajstić information content (AvgIpc) is 2.87. The van der Waals surface area contributed by atoms with E-state index in [4.69, 9.17) is 4.98 Å². The smallest absolute Gasteiger partial charge is 0.262 e. The fourth-order valence-corrected chi connectivity index (χ4v) is 4.29. The van der Waals surface area contributed by atoms with Crippen molar-refractivity contribution in [3.8, 4) is 0 Å². The van der Waals surface area contributed by atoms with Crippen LogP contribution in [-0.4, -0.2) is 9.55 Å². The Kier molecular flexibility index (Phi) is 5.73. The average molecular weight is 432 g/mol. The van der Waals surface area contributed by atoms with Gasteiger partial charge in [-0.25, -0.2) is 4.98 Å². The minimum Gasteiger partial charge on any atom is -0.381 e. The highest BCUT2D eigenvalue weighted by molar-refractivity contribution is 5.81. The number of nitrogens with one attached hydrogen (secondary N) is 1. The molecule has 0 unspecified atom stereocenters. The number of fused-ring (bicyclic) bond motifs is 1. The minimum atomic E-state index is -0.252. The maximum Gasteiger partial charge on any atom is 0.262 e. The van der Waals surface area contributed by atoms with Gasteiger partial charge in [-0.15, -0.1) is 0 Å². The Labute approximate surface area is 193 Å². The molecule has 0 aliphatic carbocycles. The van der Waals surface area contributed by atoms with Crippen molar-refractivity contribution in [2.45, 2.75) is 19.5 Å². The van der Waals surface area contributed by atoms with Gasteiger partial charge >= 0.3 is 0 Å². The van der Waals surface area contributed by atoms with Crippen LogP contribution in [0.2, 0.25) is 0 Å². The van der Waals surface area contributed by atoms with Gasteiger partial charge in [0.15, 0.2) is 0 Å². The molecule has 0 saturated carbocycles. The van der Waals surface area contributed by atoms with Crippen molar-refractivity contribution in [2.24, 2.45) is 0 Å². The van der Waals surface area contributed by atoms with Gasteiger partial charge in [-0.1, -0.05) is 91.0 Å². The van der Waals surface area contributed by atoms with E-state index in [1.807, 2.05) is 84.3 Å². The standard InChI is InChI=1S/C29H25N3O/c1-21-31-27-18-17-25(30-20-22-11-5-2-6-12-22)19-26(27)29(33)32(21)28(23-13-7-3-8-14-23)24-15-9-4-10-16-24/h2-19,28,30H,20H2,1H3. The van der Waals surface area contributed by atoms with Crippen LogP contribution in [0.1, 0.15) is 28.6 Å². The van der Waals surface area contributed by atoms with E-state index in [1.165, 1.54) is 5.56 Å². The normalized spacial score (nSPS) is 11.1. The van der Waals surface area contributed by atoms with E-state index < -0.39 is 0 Å². The highest BCUT2D eigenvalue weighted by Crippen LogP contribution is 2.27. The molecule has 0 aliphatic rings. The lowest BCUT2D eigenvalue weighted by atomic mass is 9.98. The van der Waals surface area contributed by atoms with Crippen LogP contribution < -0.4 is 10.9 Å².